The topological polar surface area (TPSA) is 3.24 Å². The number of thiophene rings is 1. The molecule has 0 fully saturated rings. The van der Waals surface area contributed by atoms with Gasteiger partial charge in [0.2, 0.25) is 0 Å². The summed E-state index contributed by atoms with van der Waals surface area (Å²) in [6.07, 6.45) is 0. The zero-order valence-electron chi connectivity index (χ0n) is 28.6. The van der Waals surface area contributed by atoms with Gasteiger partial charge in [-0.15, -0.1) is 11.3 Å². The standard InChI is InChI=1S/C49H35NS/c1-49(2)43-21-10-8-18-40(43)41-28-27-37(31-44(41)49)50(36-25-23-34(24-26-36)39-20-12-16-33-15-6-7-17-38(33)39)45-29-35(32-13-4-3-5-14-32)30-47-48(45)42-19-9-11-22-46(42)51-47/h3-31H,1-2H3. The second-order valence-corrected chi connectivity index (χ2v) is 15.2. The van der Waals surface area contributed by atoms with Crippen LogP contribution in [0, 0.1) is 0 Å². The van der Waals surface area contributed by atoms with Crippen molar-refractivity contribution in [2.45, 2.75) is 19.3 Å². The molecule has 0 saturated carbocycles. The van der Waals surface area contributed by atoms with Crippen LogP contribution in [0.2, 0.25) is 0 Å². The number of hydrogen-bond acceptors (Lipinski definition) is 2. The van der Waals surface area contributed by atoms with E-state index < -0.39 is 0 Å². The van der Waals surface area contributed by atoms with E-state index in [2.05, 4.69) is 195 Å². The predicted molar refractivity (Wildman–Crippen MR) is 220 cm³/mol. The fraction of sp³-hybridized carbons (Fsp3) is 0.0612. The van der Waals surface area contributed by atoms with Crippen molar-refractivity contribution in [3.8, 4) is 33.4 Å². The predicted octanol–water partition coefficient (Wildman–Crippen LogP) is 14.3. The summed E-state index contributed by atoms with van der Waals surface area (Å²) < 4.78 is 2.59. The molecule has 2 heteroatoms. The van der Waals surface area contributed by atoms with Gasteiger partial charge < -0.3 is 4.90 Å². The van der Waals surface area contributed by atoms with Gasteiger partial charge in [0.15, 0.2) is 0 Å². The van der Waals surface area contributed by atoms with Gasteiger partial charge in [-0.25, -0.2) is 0 Å². The van der Waals surface area contributed by atoms with Crippen molar-refractivity contribution < 1.29 is 0 Å². The van der Waals surface area contributed by atoms with Gasteiger partial charge in [-0.05, 0) is 97.7 Å². The van der Waals surface area contributed by atoms with Crippen molar-refractivity contribution in [1.29, 1.82) is 0 Å². The number of nitrogens with zero attached hydrogens (tertiary/aromatic N) is 1. The van der Waals surface area contributed by atoms with Gasteiger partial charge in [0.05, 0.1) is 5.69 Å². The maximum absolute atomic E-state index is 2.50. The zero-order valence-corrected chi connectivity index (χ0v) is 29.4. The lowest BCUT2D eigenvalue weighted by atomic mass is 9.82. The lowest BCUT2D eigenvalue weighted by Gasteiger charge is -2.29. The van der Waals surface area contributed by atoms with Crippen molar-refractivity contribution >= 4 is 59.3 Å². The molecule has 9 aromatic rings. The van der Waals surface area contributed by atoms with Gasteiger partial charge in [-0.2, -0.15) is 0 Å². The molecule has 0 amide bonds. The Morgan fingerprint density at radius 3 is 1.96 bits per heavy atom. The number of hydrogen-bond donors (Lipinski definition) is 0. The summed E-state index contributed by atoms with van der Waals surface area (Å²) in [5.74, 6) is 0. The normalized spacial score (nSPS) is 13.1. The second kappa shape index (κ2) is 11.6. The van der Waals surface area contributed by atoms with Crippen molar-refractivity contribution in [1.82, 2.24) is 0 Å². The van der Waals surface area contributed by atoms with Crippen LogP contribution in [0.1, 0.15) is 25.0 Å². The van der Waals surface area contributed by atoms with E-state index in [1.54, 1.807) is 0 Å². The van der Waals surface area contributed by atoms with Crippen molar-refractivity contribution in [3.63, 3.8) is 0 Å². The Morgan fingerprint density at radius 2 is 1.10 bits per heavy atom. The lowest BCUT2D eigenvalue weighted by molar-refractivity contribution is 0.660. The zero-order chi connectivity index (χ0) is 34.1. The van der Waals surface area contributed by atoms with E-state index >= 15 is 0 Å². The Kier molecular flexibility index (Phi) is 6.78. The van der Waals surface area contributed by atoms with Crippen molar-refractivity contribution in [3.05, 3.63) is 187 Å². The summed E-state index contributed by atoms with van der Waals surface area (Å²) >= 11 is 1.88. The monoisotopic (exact) mass is 669 g/mol. The van der Waals surface area contributed by atoms with E-state index in [0.717, 1.165) is 11.4 Å². The molecular weight excluding hydrogens is 635 g/mol. The summed E-state index contributed by atoms with van der Waals surface area (Å²) in [5, 5.41) is 5.11. The molecule has 8 aromatic carbocycles. The van der Waals surface area contributed by atoms with Gasteiger partial charge in [0.25, 0.3) is 0 Å². The SMILES string of the molecule is CC1(C)c2ccccc2-c2ccc(N(c3ccc(-c4cccc5ccccc45)cc3)c3cc(-c4ccccc4)cc4sc5ccccc5c34)cc21. The Balaban J connectivity index is 1.23. The van der Waals surface area contributed by atoms with Crippen LogP contribution < -0.4 is 4.90 Å². The van der Waals surface area contributed by atoms with E-state index in [1.165, 1.54) is 81.1 Å². The van der Waals surface area contributed by atoms with E-state index in [9.17, 15) is 0 Å². The van der Waals surface area contributed by atoms with E-state index in [-0.39, 0.29) is 5.41 Å². The summed E-state index contributed by atoms with van der Waals surface area (Å²) in [6.45, 7) is 4.73. The van der Waals surface area contributed by atoms with E-state index in [1.807, 2.05) is 11.3 Å². The van der Waals surface area contributed by atoms with Gasteiger partial charge in [0, 0.05) is 37.0 Å². The van der Waals surface area contributed by atoms with Crippen LogP contribution in [-0.4, -0.2) is 0 Å². The molecule has 1 nitrogen and oxygen atoms in total. The highest BCUT2D eigenvalue weighted by Gasteiger charge is 2.36. The highest BCUT2D eigenvalue weighted by Crippen LogP contribution is 2.52. The lowest BCUT2D eigenvalue weighted by Crippen LogP contribution is -2.16. The van der Waals surface area contributed by atoms with E-state index in [0.29, 0.717) is 0 Å². The molecule has 1 aliphatic carbocycles. The van der Waals surface area contributed by atoms with Crippen LogP contribution in [0.3, 0.4) is 0 Å². The first-order chi connectivity index (χ1) is 25.0. The molecule has 1 aliphatic rings. The summed E-state index contributed by atoms with van der Waals surface area (Å²) in [5.41, 5.74) is 13.7. The van der Waals surface area contributed by atoms with Gasteiger partial charge in [-0.3, -0.25) is 0 Å². The highest BCUT2D eigenvalue weighted by atomic mass is 32.1. The highest BCUT2D eigenvalue weighted by molar-refractivity contribution is 7.26. The summed E-state index contributed by atoms with van der Waals surface area (Å²) in [4.78, 5) is 2.50. The molecule has 0 aliphatic heterocycles. The van der Waals surface area contributed by atoms with Crippen molar-refractivity contribution in [2.75, 3.05) is 4.90 Å². The first-order valence-electron chi connectivity index (χ1n) is 17.7. The smallest absolute Gasteiger partial charge is 0.0560 e. The van der Waals surface area contributed by atoms with Crippen LogP contribution in [0.25, 0.3) is 64.3 Å². The Morgan fingerprint density at radius 1 is 0.431 bits per heavy atom. The van der Waals surface area contributed by atoms with Gasteiger partial charge in [0.1, 0.15) is 0 Å². The molecular formula is C49H35NS. The van der Waals surface area contributed by atoms with Crippen LogP contribution in [0.5, 0.6) is 0 Å². The Labute approximate surface area is 302 Å². The van der Waals surface area contributed by atoms with Gasteiger partial charge >= 0.3 is 0 Å². The molecule has 0 unspecified atom stereocenters. The summed E-state index contributed by atoms with van der Waals surface area (Å²) in [7, 11) is 0. The maximum atomic E-state index is 2.50. The molecule has 51 heavy (non-hydrogen) atoms. The maximum Gasteiger partial charge on any atom is 0.0560 e. The fourth-order valence-corrected chi connectivity index (χ4v) is 9.50. The molecule has 0 spiro atoms. The minimum atomic E-state index is -0.109. The molecule has 242 valence electrons. The number of rotatable bonds is 5. The van der Waals surface area contributed by atoms with Gasteiger partial charge in [-0.1, -0.05) is 147 Å². The van der Waals surface area contributed by atoms with Crippen LogP contribution >= 0.6 is 11.3 Å². The second-order valence-electron chi connectivity index (χ2n) is 14.1. The average Bonchev–Trinajstić information content (AvgIpc) is 3.67. The molecule has 0 N–H and O–H groups in total. The minimum Gasteiger partial charge on any atom is -0.310 e. The van der Waals surface area contributed by atoms with Crippen molar-refractivity contribution in [2.24, 2.45) is 0 Å². The fourth-order valence-electron chi connectivity index (χ4n) is 8.33. The Bertz CT molecular complexity index is 2770. The van der Waals surface area contributed by atoms with Crippen LogP contribution in [0.15, 0.2) is 176 Å². The van der Waals surface area contributed by atoms with E-state index in [4.69, 9.17) is 0 Å². The largest absolute Gasteiger partial charge is 0.310 e. The first kappa shape index (κ1) is 29.9. The number of benzene rings is 8. The molecule has 10 rings (SSSR count). The third kappa shape index (κ3) is 4.75. The van der Waals surface area contributed by atoms with Crippen LogP contribution in [-0.2, 0) is 5.41 Å². The Hall–Kier alpha value is -5.96. The number of fused-ring (bicyclic) bond motifs is 7. The molecule has 0 saturated heterocycles. The van der Waals surface area contributed by atoms with Crippen LogP contribution in [0.4, 0.5) is 17.1 Å². The number of anilines is 3. The molecule has 0 atom stereocenters. The molecule has 0 bridgehead atoms. The third-order valence-electron chi connectivity index (χ3n) is 10.9. The average molecular weight is 670 g/mol. The molecule has 1 aromatic heterocycles. The minimum absolute atomic E-state index is 0.109. The first-order valence-corrected chi connectivity index (χ1v) is 18.5. The quantitative estimate of drug-likeness (QED) is 0.176. The molecule has 0 radical (unpaired) electrons. The molecule has 1 heterocycles. The summed E-state index contributed by atoms with van der Waals surface area (Å²) in [6, 6.07) is 64.9. The third-order valence-corrected chi connectivity index (χ3v) is 12.0.